The van der Waals surface area contributed by atoms with Gasteiger partial charge in [-0.05, 0) is 33.1 Å². The van der Waals surface area contributed by atoms with E-state index in [0.717, 1.165) is 32.3 Å². The van der Waals surface area contributed by atoms with Gasteiger partial charge in [0.15, 0.2) is 0 Å². The maximum atomic E-state index is 5.70. The molecule has 2 atom stereocenters. The third-order valence-electron chi connectivity index (χ3n) is 2.50. The average Bonchev–Trinajstić information content (AvgIpc) is 2.19. The standard InChI is InChI=1S/C12H26N2O/c1-5-7-12(15-6-2)11(14-13)9-8-10(3)4/h11-12,14H,3,5-9,13H2,1-2,4H3. The topological polar surface area (TPSA) is 47.3 Å². The van der Waals surface area contributed by atoms with E-state index in [1.54, 1.807) is 0 Å². The van der Waals surface area contributed by atoms with E-state index in [2.05, 4.69) is 18.9 Å². The van der Waals surface area contributed by atoms with E-state index < -0.39 is 0 Å². The van der Waals surface area contributed by atoms with Crippen molar-refractivity contribution < 1.29 is 4.74 Å². The number of hydrogen-bond donors (Lipinski definition) is 2. The van der Waals surface area contributed by atoms with Gasteiger partial charge >= 0.3 is 0 Å². The predicted octanol–water partition coefficient (Wildman–Crippen LogP) is 2.38. The van der Waals surface area contributed by atoms with Crippen molar-refractivity contribution in [2.75, 3.05) is 6.61 Å². The summed E-state index contributed by atoms with van der Waals surface area (Å²) in [6.07, 6.45) is 4.40. The molecule has 0 bridgehead atoms. The zero-order valence-electron chi connectivity index (χ0n) is 10.4. The molecule has 0 rings (SSSR count). The van der Waals surface area contributed by atoms with Crippen LogP contribution in [0.5, 0.6) is 0 Å². The summed E-state index contributed by atoms with van der Waals surface area (Å²) in [4.78, 5) is 0. The molecule has 0 aliphatic rings. The molecule has 0 fully saturated rings. The highest BCUT2D eigenvalue weighted by atomic mass is 16.5. The summed E-state index contributed by atoms with van der Waals surface area (Å²) in [5.74, 6) is 5.56. The second-order valence-corrected chi connectivity index (χ2v) is 4.05. The van der Waals surface area contributed by atoms with Gasteiger partial charge in [0.25, 0.3) is 0 Å². The van der Waals surface area contributed by atoms with Gasteiger partial charge in [0.1, 0.15) is 0 Å². The highest BCUT2D eigenvalue weighted by molar-refractivity contribution is 4.90. The summed E-state index contributed by atoms with van der Waals surface area (Å²) >= 11 is 0. The van der Waals surface area contributed by atoms with E-state index in [1.807, 2.05) is 13.8 Å². The van der Waals surface area contributed by atoms with Gasteiger partial charge < -0.3 is 4.74 Å². The minimum Gasteiger partial charge on any atom is -0.377 e. The molecular weight excluding hydrogens is 188 g/mol. The minimum atomic E-state index is 0.226. The first-order valence-corrected chi connectivity index (χ1v) is 5.87. The smallest absolute Gasteiger partial charge is 0.0741 e. The Kier molecular flexibility index (Phi) is 8.67. The molecule has 0 heterocycles. The van der Waals surface area contributed by atoms with Crippen LogP contribution in [0.15, 0.2) is 12.2 Å². The summed E-state index contributed by atoms with van der Waals surface area (Å²) in [6.45, 7) is 10.9. The fraction of sp³-hybridized carbons (Fsp3) is 0.833. The minimum absolute atomic E-state index is 0.226. The second kappa shape index (κ2) is 8.89. The van der Waals surface area contributed by atoms with Crippen LogP contribution in [0.25, 0.3) is 0 Å². The molecule has 0 aliphatic carbocycles. The zero-order chi connectivity index (χ0) is 11.7. The number of nitrogens with two attached hydrogens (primary N) is 1. The van der Waals surface area contributed by atoms with Gasteiger partial charge in [-0.3, -0.25) is 11.3 Å². The lowest BCUT2D eigenvalue weighted by Crippen LogP contribution is -2.45. The van der Waals surface area contributed by atoms with Crippen LogP contribution < -0.4 is 11.3 Å². The molecule has 3 nitrogen and oxygen atoms in total. The molecule has 0 saturated carbocycles. The molecule has 2 unspecified atom stereocenters. The highest BCUT2D eigenvalue weighted by Gasteiger charge is 2.19. The Balaban J connectivity index is 4.10. The third kappa shape index (κ3) is 6.66. The van der Waals surface area contributed by atoms with Crippen LogP contribution in [0.4, 0.5) is 0 Å². The molecule has 0 aliphatic heterocycles. The van der Waals surface area contributed by atoms with Gasteiger partial charge in [-0.2, -0.15) is 0 Å². The lowest BCUT2D eigenvalue weighted by Gasteiger charge is -2.26. The third-order valence-corrected chi connectivity index (χ3v) is 2.50. The predicted molar refractivity (Wildman–Crippen MR) is 65.5 cm³/mol. The van der Waals surface area contributed by atoms with Gasteiger partial charge in [-0.15, -0.1) is 6.58 Å². The Morgan fingerprint density at radius 3 is 2.47 bits per heavy atom. The lowest BCUT2D eigenvalue weighted by atomic mass is 10.00. The van der Waals surface area contributed by atoms with Crippen molar-refractivity contribution in [1.29, 1.82) is 0 Å². The first-order valence-electron chi connectivity index (χ1n) is 5.87. The highest BCUT2D eigenvalue weighted by Crippen LogP contribution is 2.14. The van der Waals surface area contributed by atoms with Crippen molar-refractivity contribution in [3.63, 3.8) is 0 Å². The van der Waals surface area contributed by atoms with Crippen molar-refractivity contribution in [3.05, 3.63) is 12.2 Å². The van der Waals surface area contributed by atoms with E-state index in [0.29, 0.717) is 0 Å². The fourth-order valence-corrected chi connectivity index (χ4v) is 1.68. The number of hydrazine groups is 1. The van der Waals surface area contributed by atoms with Crippen molar-refractivity contribution in [2.24, 2.45) is 5.84 Å². The van der Waals surface area contributed by atoms with E-state index in [9.17, 15) is 0 Å². The molecule has 0 aromatic carbocycles. The van der Waals surface area contributed by atoms with Crippen molar-refractivity contribution >= 4 is 0 Å². The molecule has 0 radical (unpaired) electrons. The van der Waals surface area contributed by atoms with Crippen molar-refractivity contribution in [1.82, 2.24) is 5.43 Å². The Hall–Kier alpha value is -0.380. The molecule has 0 amide bonds. The molecule has 3 heteroatoms. The maximum Gasteiger partial charge on any atom is 0.0741 e. The first-order chi connectivity index (χ1) is 7.15. The summed E-state index contributed by atoms with van der Waals surface area (Å²) in [5, 5.41) is 0. The van der Waals surface area contributed by atoms with Gasteiger partial charge in [0.2, 0.25) is 0 Å². The Labute approximate surface area is 94.0 Å². The summed E-state index contributed by atoms with van der Waals surface area (Å²) < 4.78 is 5.70. The maximum absolute atomic E-state index is 5.70. The van der Waals surface area contributed by atoms with Crippen molar-refractivity contribution in [2.45, 2.75) is 58.6 Å². The Morgan fingerprint density at radius 2 is 2.07 bits per heavy atom. The number of hydrogen-bond acceptors (Lipinski definition) is 3. The van der Waals surface area contributed by atoms with Crippen LogP contribution in [-0.2, 0) is 4.74 Å². The number of allylic oxidation sites excluding steroid dienone is 1. The largest absolute Gasteiger partial charge is 0.377 e. The lowest BCUT2D eigenvalue weighted by molar-refractivity contribution is 0.0260. The molecule has 3 N–H and O–H groups in total. The van der Waals surface area contributed by atoms with E-state index in [1.165, 1.54) is 5.57 Å². The number of rotatable bonds is 9. The number of ether oxygens (including phenoxy) is 1. The number of nitrogens with one attached hydrogen (secondary N) is 1. The zero-order valence-corrected chi connectivity index (χ0v) is 10.4. The molecule has 0 saturated heterocycles. The fourth-order valence-electron chi connectivity index (χ4n) is 1.68. The quantitative estimate of drug-likeness (QED) is 0.352. The summed E-state index contributed by atoms with van der Waals surface area (Å²) in [7, 11) is 0. The molecule has 0 aromatic heterocycles. The molecule has 0 spiro atoms. The second-order valence-electron chi connectivity index (χ2n) is 4.05. The van der Waals surface area contributed by atoms with Crippen molar-refractivity contribution in [3.8, 4) is 0 Å². The monoisotopic (exact) mass is 214 g/mol. The van der Waals surface area contributed by atoms with Crippen LogP contribution in [0, 0.1) is 0 Å². The normalized spacial score (nSPS) is 14.9. The average molecular weight is 214 g/mol. The van der Waals surface area contributed by atoms with Crippen LogP contribution >= 0.6 is 0 Å². The molecule has 15 heavy (non-hydrogen) atoms. The Bertz CT molecular complexity index is 165. The summed E-state index contributed by atoms with van der Waals surface area (Å²) in [6, 6.07) is 0.238. The molecule has 0 aromatic rings. The Morgan fingerprint density at radius 1 is 1.40 bits per heavy atom. The first kappa shape index (κ1) is 14.6. The van der Waals surface area contributed by atoms with Crippen LogP contribution in [-0.4, -0.2) is 18.8 Å². The molecule has 90 valence electrons. The van der Waals surface area contributed by atoms with E-state index in [4.69, 9.17) is 10.6 Å². The van der Waals surface area contributed by atoms with Crippen LogP contribution in [0.1, 0.15) is 46.5 Å². The van der Waals surface area contributed by atoms with Crippen LogP contribution in [0.2, 0.25) is 0 Å². The van der Waals surface area contributed by atoms with E-state index in [-0.39, 0.29) is 12.1 Å². The van der Waals surface area contributed by atoms with Gasteiger partial charge in [-0.1, -0.05) is 18.9 Å². The van der Waals surface area contributed by atoms with E-state index >= 15 is 0 Å². The summed E-state index contributed by atoms with van der Waals surface area (Å²) in [5.41, 5.74) is 4.06. The van der Waals surface area contributed by atoms with Gasteiger partial charge in [0, 0.05) is 12.6 Å². The van der Waals surface area contributed by atoms with Crippen LogP contribution in [0.3, 0.4) is 0 Å². The van der Waals surface area contributed by atoms with Gasteiger partial charge in [-0.25, -0.2) is 0 Å². The SMILES string of the molecule is C=C(C)CCC(NN)C(CCC)OCC. The molecular formula is C12H26N2O. The van der Waals surface area contributed by atoms with Gasteiger partial charge in [0.05, 0.1) is 6.10 Å².